The van der Waals surface area contributed by atoms with Crippen molar-refractivity contribution in [1.82, 2.24) is 10.3 Å². The number of hydrogen-bond acceptors (Lipinski definition) is 4. The highest BCUT2D eigenvalue weighted by molar-refractivity contribution is 5.95. The number of amides is 2. The van der Waals surface area contributed by atoms with Crippen molar-refractivity contribution in [3.63, 3.8) is 0 Å². The third-order valence-electron chi connectivity index (χ3n) is 3.75. The molecule has 6 heteroatoms. The van der Waals surface area contributed by atoms with Gasteiger partial charge in [0.05, 0.1) is 12.2 Å². The second-order valence-electron chi connectivity index (χ2n) is 6.93. The summed E-state index contributed by atoms with van der Waals surface area (Å²) in [7, 11) is 0. The molecule has 1 saturated heterocycles. The zero-order valence-corrected chi connectivity index (χ0v) is 14.0. The standard InChI is InChI=1S/C17H25N3O3/c1-17(2,3)16(22)20-14-7-6-13(10-18-14)15(21)19-9-12-5-4-8-23-11-12/h6-7,10,12H,4-5,8-9,11H2,1-3H3,(H,19,21)(H,18,20,22)/t12-/m1/s1. The van der Waals surface area contributed by atoms with Crippen LogP contribution in [0.4, 0.5) is 5.82 Å². The lowest BCUT2D eigenvalue weighted by Gasteiger charge is -2.22. The third kappa shape index (κ3) is 5.32. The Morgan fingerprint density at radius 3 is 2.70 bits per heavy atom. The summed E-state index contributed by atoms with van der Waals surface area (Å²) in [6, 6.07) is 3.31. The summed E-state index contributed by atoms with van der Waals surface area (Å²) < 4.78 is 5.40. The van der Waals surface area contributed by atoms with Crippen LogP contribution in [0.5, 0.6) is 0 Å². The van der Waals surface area contributed by atoms with Crippen molar-refractivity contribution in [3.8, 4) is 0 Å². The molecular weight excluding hydrogens is 294 g/mol. The van der Waals surface area contributed by atoms with Crippen LogP contribution in [0, 0.1) is 11.3 Å². The van der Waals surface area contributed by atoms with Crippen molar-refractivity contribution in [3.05, 3.63) is 23.9 Å². The highest BCUT2D eigenvalue weighted by Crippen LogP contribution is 2.16. The van der Waals surface area contributed by atoms with Gasteiger partial charge < -0.3 is 15.4 Å². The molecule has 1 fully saturated rings. The van der Waals surface area contributed by atoms with E-state index in [9.17, 15) is 9.59 Å². The molecule has 1 atom stereocenters. The number of nitrogens with one attached hydrogen (secondary N) is 2. The minimum Gasteiger partial charge on any atom is -0.381 e. The van der Waals surface area contributed by atoms with E-state index in [1.165, 1.54) is 6.20 Å². The SMILES string of the molecule is CC(C)(C)C(=O)Nc1ccc(C(=O)NC[C@H]2CCCOC2)cn1. The Bertz CT molecular complexity index is 543. The molecule has 1 aromatic heterocycles. The van der Waals surface area contributed by atoms with E-state index >= 15 is 0 Å². The lowest BCUT2D eigenvalue weighted by atomic mass is 9.96. The maximum absolute atomic E-state index is 12.1. The van der Waals surface area contributed by atoms with Gasteiger partial charge in [-0.2, -0.15) is 0 Å². The third-order valence-corrected chi connectivity index (χ3v) is 3.75. The van der Waals surface area contributed by atoms with Gasteiger partial charge in [0.1, 0.15) is 5.82 Å². The fraction of sp³-hybridized carbons (Fsp3) is 0.588. The number of anilines is 1. The number of nitrogens with zero attached hydrogens (tertiary/aromatic N) is 1. The largest absolute Gasteiger partial charge is 0.381 e. The molecule has 0 spiro atoms. The summed E-state index contributed by atoms with van der Waals surface area (Å²) in [6.07, 6.45) is 3.60. The number of pyridine rings is 1. The van der Waals surface area contributed by atoms with Gasteiger partial charge >= 0.3 is 0 Å². The van der Waals surface area contributed by atoms with Gasteiger partial charge in [0.25, 0.3) is 5.91 Å². The van der Waals surface area contributed by atoms with Crippen LogP contribution >= 0.6 is 0 Å². The first-order valence-electron chi connectivity index (χ1n) is 8.00. The molecule has 2 heterocycles. The normalized spacial score (nSPS) is 18.3. The molecule has 2 N–H and O–H groups in total. The highest BCUT2D eigenvalue weighted by Gasteiger charge is 2.21. The molecule has 0 aromatic carbocycles. The van der Waals surface area contributed by atoms with E-state index in [0.29, 0.717) is 30.5 Å². The summed E-state index contributed by atoms with van der Waals surface area (Å²) in [4.78, 5) is 28.1. The molecule has 0 radical (unpaired) electrons. The van der Waals surface area contributed by atoms with Crippen LogP contribution in [0.3, 0.4) is 0 Å². The molecule has 2 rings (SSSR count). The molecule has 0 saturated carbocycles. The van der Waals surface area contributed by atoms with Crippen LogP contribution in [0.1, 0.15) is 44.0 Å². The van der Waals surface area contributed by atoms with Gasteiger partial charge in [-0.05, 0) is 30.9 Å². The fourth-order valence-electron chi connectivity index (χ4n) is 2.21. The fourth-order valence-corrected chi connectivity index (χ4v) is 2.21. The highest BCUT2D eigenvalue weighted by atomic mass is 16.5. The van der Waals surface area contributed by atoms with Crippen molar-refractivity contribution in [2.45, 2.75) is 33.6 Å². The van der Waals surface area contributed by atoms with E-state index < -0.39 is 5.41 Å². The maximum atomic E-state index is 12.1. The minimum atomic E-state index is -0.486. The van der Waals surface area contributed by atoms with Gasteiger partial charge in [0, 0.05) is 24.8 Å². The number of rotatable bonds is 4. The van der Waals surface area contributed by atoms with E-state index in [-0.39, 0.29) is 11.8 Å². The van der Waals surface area contributed by atoms with Crippen LogP contribution < -0.4 is 10.6 Å². The molecule has 2 amide bonds. The molecule has 1 aliphatic rings. The molecular formula is C17H25N3O3. The maximum Gasteiger partial charge on any atom is 0.252 e. The number of carbonyl (C=O) groups is 2. The topological polar surface area (TPSA) is 80.3 Å². The molecule has 0 bridgehead atoms. The van der Waals surface area contributed by atoms with Gasteiger partial charge in [-0.15, -0.1) is 0 Å². The Morgan fingerprint density at radius 2 is 2.13 bits per heavy atom. The first-order valence-corrected chi connectivity index (χ1v) is 8.00. The zero-order chi connectivity index (χ0) is 16.9. The van der Waals surface area contributed by atoms with Crippen molar-refractivity contribution in [2.24, 2.45) is 11.3 Å². The summed E-state index contributed by atoms with van der Waals surface area (Å²) in [5.74, 6) is 0.560. The summed E-state index contributed by atoms with van der Waals surface area (Å²) in [5, 5.41) is 5.64. The molecule has 6 nitrogen and oxygen atoms in total. The molecule has 1 aromatic rings. The first-order chi connectivity index (χ1) is 10.9. The second kappa shape index (κ2) is 7.55. The van der Waals surface area contributed by atoms with Crippen LogP contribution in [0.15, 0.2) is 18.3 Å². The second-order valence-corrected chi connectivity index (χ2v) is 6.93. The van der Waals surface area contributed by atoms with E-state index in [0.717, 1.165) is 19.4 Å². The van der Waals surface area contributed by atoms with E-state index in [1.54, 1.807) is 12.1 Å². The Kier molecular flexibility index (Phi) is 5.71. The quantitative estimate of drug-likeness (QED) is 0.892. The van der Waals surface area contributed by atoms with Crippen LogP contribution in [-0.2, 0) is 9.53 Å². The minimum absolute atomic E-state index is 0.112. The predicted molar refractivity (Wildman–Crippen MR) is 88.2 cm³/mol. The van der Waals surface area contributed by atoms with Crippen LogP contribution in [0.25, 0.3) is 0 Å². The Morgan fingerprint density at radius 1 is 1.35 bits per heavy atom. The van der Waals surface area contributed by atoms with Crippen LogP contribution in [-0.4, -0.2) is 36.6 Å². The Hall–Kier alpha value is -1.95. The Labute approximate surface area is 137 Å². The number of hydrogen-bond donors (Lipinski definition) is 2. The lowest BCUT2D eigenvalue weighted by molar-refractivity contribution is -0.123. The molecule has 1 aliphatic heterocycles. The number of ether oxygens (including phenoxy) is 1. The average Bonchev–Trinajstić information content (AvgIpc) is 2.53. The number of aromatic nitrogens is 1. The first kappa shape index (κ1) is 17.4. The van der Waals surface area contributed by atoms with Gasteiger partial charge in [-0.1, -0.05) is 20.8 Å². The lowest BCUT2D eigenvalue weighted by Crippen LogP contribution is -2.33. The van der Waals surface area contributed by atoms with Gasteiger partial charge in [0.15, 0.2) is 0 Å². The zero-order valence-electron chi connectivity index (χ0n) is 14.0. The summed E-state index contributed by atoms with van der Waals surface area (Å²) in [6.45, 7) is 7.63. The van der Waals surface area contributed by atoms with Crippen LogP contribution in [0.2, 0.25) is 0 Å². The van der Waals surface area contributed by atoms with Crippen molar-refractivity contribution < 1.29 is 14.3 Å². The number of carbonyl (C=O) groups excluding carboxylic acids is 2. The van der Waals surface area contributed by atoms with Gasteiger partial charge in [-0.3, -0.25) is 9.59 Å². The smallest absolute Gasteiger partial charge is 0.252 e. The molecule has 0 unspecified atom stereocenters. The Balaban J connectivity index is 1.86. The van der Waals surface area contributed by atoms with Crippen molar-refractivity contribution >= 4 is 17.6 Å². The average molecular weight is 319 g/mol. The molecule has 0 aliphatic carbocycles. The van der Waals surface area contributed by atoms with E-state index in [2.05, 4.69) is 15.6 Å². The molecule has 126 valence electrons. The van der Waals surface area contributed by atoms with Gasteiger partial charge in [0.2, 0.25) is 5.91 Å². The molecule has 23 heavy (non-hydrogen) atoms. The van der Waals surface area contributed by atoms with Crippen molar-refractivity contribution in [2.75, 3.05) is 25.1 Å². The van der Waals surface area contributed by atoms with E-state index in [4.69, 9.17) is 4.74 Å². The summed E-state index contributed by atoms with van der Waals surface area (Å²) >= 11 is 0. The van der Waals surface area contributed by atoms with Gasteiger partial charge in [-0.25, -0.2) is 4.98 Å². The van der Waals surface area contributed by atoms with E-state index in [1.807, 2.05) is 20.8 Å². The summed E-state index contributed by atoms with van der Waals surface area (Å²) in [5.41, 5.74) is -0.00438. The monoisotopic (exact) mass is 319 g/mol. The predicted octanol–water partition coefficient (Wildman–Crippen LogP) is 2.22. The van der Waals surface area contributed by atoms with Crippen molar-refractivity contribution in [1.29, 1.82) is 0 Å².